The lowest BCUT2D eigenvalue weighted by Gasteiger charge is -2.20. The molecule has 3 rings (SSSR count). The van der Waals surface area contributed by atoms with Crippen molar-refractivity contribution in [2.45, 2.75) is 27.3 Å². The van der Waals surface area contributed by atoms with Crippen LogP contribution >= 0.6 is 0 Å². The lowest BCUT2D eigenvalue weighted by molar-refractivity contribution is -0.143. The number of hydrogen-bond acceptors (Lipinski definition) is 6. The number of anilines is 1. The van der Waals surface area contributed by atoms with Crippen molar-refractivity contribution in [1.29, 1.82) is 0 Å². The van der Waals surface area contributed by atoms with E-state index in [-0.39, 0.29) is 35.6 Å². The van der Waals surface area contributed by atoms with Crippen LogP contribution in [-0.2, 0) is 16.1 Å². The summed E-state index contributed by atoms with van der Waals surface area (Å²) in [5.41, 5.74) is 2.98. The van der Waals surface area contributed by atoms with Crippen LogP contribution in [0.2, 0.25) is 0 Å². The van der Waals surface area contributed by atoms with Gasteiger partial charge in [0.25, 0.3) is 0 Å². The molecule has 7 heteroatoms. The fourth-order valence-corrected chi connectivity index (χ4v) is 3.08. The highest BCUT2D eigenvalue weighted by Gasteiger charge is 2.72. The number of likely N-dealkylation sites (tertiary alicyclic amines) is 1. The molecule has 1 aliphatic carbocycles. The zero-order valence-electron chi connectivity index (χ0n) is 11.7. The number of hydrogen-bond donors (Lipinski definition) is 2. The Bertz CT molecular complexity index is 589. The minimum absolute atomic E-state index is 0.108. The molecule has 106 valence electrons. The molecule has 2 aliphatic rings. The van der Waals surface area contributed by atoms with E-state index in [0.29, 0.717) is 11.6 Å². The monoisotopic (exact) mass is 275 g/mol. The largest absolute Gasteiger partial charge is 0.308 e. The van der Waals surface area contributed by atoms with Crippen molar-refractivity contribution in [2.24, 2.45) is 23.1 Å². The standard InChI is InChI=1S/C13H17N5O2/c1-6-4-7(17-14)16-8(15-6)5-18-11(19)9-10(12(18)20)13(9,2)3/h4,9-10H,5,14H2,1-3H3,(H,15,16,17). The third kappa shape index (κ3) is 1.70. The first-order chi connectivity index (χ1) is 9.36. The van der Waals surface area contributed by atoms with Crippen LogP contribution in [0, 0.1) is 24.2 Å². The number of fused-ring (bicyclic) bond motifs is 1. The fourth-order valence-electron chi connectivity index (χ4n) is 3.08. The van der Waals surface area contributed by atoms with Crippen molar-refractivity contribution in [3.63, 3.8) is 0 Å². The van der Waals surface area contributed by atoms with Gasteiger partial charge >= 0.3 is 0 Å². The lowest BCUT2D eigenvalue weighted by atomic mass is 10.1. The van der Waals surface area contributed by atoms with Gasteiger partial charge in [-0.05, 0) is 12.3 Å². The van der Waals surface area contributed by atoms with E-state index >= 15 is 0 Å². The first-order valence-electron chi connectivity index (χ1n) is 6.52. The van der Waals surface area contributed by atoms with E-state index in [1.54, 1.807) is 13.0 Å². The van der Waals surface area contributed by atoms with Crippen molar-refractivity contribution in [3.8, 4) is 0 Å². The van der Waals surface area contributed by atoms with Gasteiger partial charge in [0.15, 0.2) is 5.82 Å². The van der Waals surface area contributed by atoms with Gasteiger partial charge in [0.1, 0.15) is 5.82 Å². The number of nitrogens with one attached hydrogen (secondary N) is 1. The van der Waals surface area contributed by atoms with Crippen LogP contribution in [-0.4, -0.2) is 26.7 Å². The second-order valence-electron chi connectivity index (χ2n) is 5.99. The molecule has 7 nitrogen and oxygen atoms in total. The molecule has 1 saturated heterocycles. The second kappa shape index (κ2) is 3.99. The molecule has 2 atom stereocenters. The molecule has 2 amide bonds. The number of hydrazine groups is 1. The Morgan fingerprint density at radius 2 is 1.90 bits per heavy atom. The molecule has 2 heterocycles. The Morgan fingerprint density at radius 1 is 1.30 bits per heavy atom. The molecule has 2 unspecified atom stereocenters. The van der Waals surface area contributed by atoms with E-state index in [9.17, 15) is 9.59 Å². The molecule has 1 aliphatic heterocycles. The zero-order chi connectivity index (χ0) is 14.7. The highest BCUT2D eigenvalue weighted by atomic mass is 16.2. The van der Waals surface area contributed by atoms with Crippen LogP contribution in [0.15, 0.2) is 6.07 Å². The molecule has 0 spiro atoms. The summed E-state index contributed by atoms with van der Waals surface area (Å²) in [5.74, 6) is 5.64. The minimum atomic E-state index is -0.192. The molecule has 0 aromatic carbocycles. The average molecular weight is 275 g/mol. The maximum absolute atomic E-state index is 12.2. The Balaban J connectivity index is 1.82. The predicted octanol–water partition coefficient (Wildman–Crippen LogP) is 0.212. The number of nitrogens with two attached hydrogens (primary N) is 1. The summed E-state index contributed by atoms with van der Waals surface area (Å²) in [6.45, 7) is 5.82. The van der Waals surface area contributed by atoms with Crippen LogP contribution in [0.5, 0.6) is 0 Å². The van der Waals surface area contributed by atoms with Gasteiger partial charge in [0.2, 0.25) is 11.8 Å². The minimum Gasteiger partial charge on any atom is -0.308 e. The summed E-state index contributed by atoms with van der Waals surface area (Å²) >= 11 is 0. The Hall–Kier alpha value is -2.02. The maximum atomic E-state index is 12.2. The summed E-state index contributed by atoms with van der Waals surface area (Å²) in [7, 11) is 0. The number of rotatable bonds is 3. The number of imide groups is 1. The fraction of sp³-hybridized carbons (Fsp3) is 0.538. The molecular formula is C13H17N5O2. The Kier molecular flexibility index (Phi) is 2.59. The van der Waals surface area contributed by atoms with Crippen LogP contribution in [0.4, 0.5) is 5.82 Å². The number of carbonyl (C=O) groups is 2. The van der Waals surface area contributed by atoms with E-state index in [1.807, 2.05) is 13.8 Å². The first-order valence-corrected chi connectivity index (χ1v) is 6.52. The van der Waals surface area contributed by atoms with E-state index in [0.717, 1.165) is 5.69 Å². The van der Waals surface area contributed by atoms with Crippen molar-refractivity contribution in [2.75, 3.05) is 5.43 Å². The lowest BCUT2D eigenvalue weighted by Crippen LogP contribution is -2.36. The number of aromatic nitrogens is 2. The molecular weight excluding hydrogens is 258 g/mol. The smallest absolute Gasteiger partial charge is 0.234 e. The van der Waals surface area contributed by atoms with Gasteiger partial charge in [0.05, 0.1) is 18.4 Å². The molecule has 1 aromatic heterocycles. The van der Waals surface area contributed by atoms with E-state index in [2.05, 4.69) is 15.4 Å². The first kappa shape index (κ1) is 13.0. The van der Waals surface area contributed by atoms with E-state index < -0.39 is 0 Å². The van der Waals surface area contributed by atoms with Gasteiger partial charge in [0, 0.05) is 11.8 Å². The summed E-state index contributed by atoms with van der Waals surface area (Å²) in [5, 5.41) is 0. The number of carbonyl (C=O) groups excluding carboxylic acids is 2. The number of piperidine rings is 1. The average Bonchev–Trinajstić information content (AvgIpc) is 2.85. The van der Waals surface area contributed by atoms with Gasteiger partial charge in [-0.25, -0.2) is 15.8 Å². The summed E-state index contributed by atoms with van der Waals surface area (Å²) in [4.78, 5) is 34.1. The number of amides is 2. The van der Waals surface area contributed by atoms with Crippen LogP contribution in [0.3, 0.4) is 0 Å². The number of aryl methyl sites for hydroxylation is 1. The number of nitrogens with zero attached hydrogens (tertiary/aromatic N) is 3. The molecule has 3 N–H and O–H groups in total. The Labute approximate surface area is 116 Å². The van der Waals surface area contributed by atoms with E-state index in [4.69, 9.17) is 5.84 Å². The SMILES string of the molecule is Cc1cc(NN)nc(CN2C(=O)C3C(C2=O)C3(C)C)n1. The molecule has 2 fully saturated rings. The second-order valence-corrected chi connectivity index (χ2v) is 5.99. The van der Waals surface area contributed by atoms with Crippen molar-refractivity contribution in [3.05, 3.63) is 17.6 Å². The molecule has 1 aromatic rings. The summed E-state index contributed by atoms with van der Waals surface area (Å²) < 4.78 is 0. The molecule has 0 bridgehead atoms. The van der Waals surface area contributed by atoms with Gasteiger partial charge < -0.3 is 5.43 Å². The van der Waals surface area contributed by atoms with Crippen molar-refractivity contribution < 1.29 is 9.59 Å². The molecule has 20 heavy (non-hydrogen) atoms. The highest BCUT2D eigenvalue weighted by Crippen LogP contribution is 2.63. The third-order valence-electron chi connectivity index (χ3n) is 4.24. The number of nitrogen functional groups attached to an aromatic ring is 1. The normalized spacial score (nSPS) is 26.7. The van der Waals surface area contributed by atoms with Crippen LogP contribution in [0.25, 0.3) is 0 Å². The van der Waals surface area contributed by atoms with Crippen molar-refractivity contribution >= 4 is 17.6 Å². The molecule has 1 saturated carbocycles. The van der Waals surface area contributed by atoms with Crippen LogP contribution in [0.1, 0.15) is 25.4 Å². The maximum Gasteiger partial charge on any atom is 0.234 e. The summed E-state index contributed by atoms with van der Waals surface area (Å²) in [6, 6.07) is 1.69. The topological polar surface area (TPSA) is 101 Å². The van der Waals surface area contributed by atoms with Gasteiger partial charge in [-0.3, -0.25) is 14.5 Å². The Morgan fingerprint density at radius 3 is 2.45 bits per heavy atom. The predicted molar refractivity (Wildman–Crippen MR) is 70.9 cm³/mol. The van der Waals surface area contributed by atoms with Gasteiger partial charge in [-0.1, -0.05) is 13.8 Å². The molecule has 0 radical (unpaired) electrons. The van der Waals surface area contributed by atoms with Crippen LogP contribution < -0.4 is 11.3 Å². The summed E-state index contributed by atoms with van der Waals surface area (Å²) in [6.07, 6.45) is 0. The third-order valence-corrected chi connectivity index (χ3v) is 4.24. The van der Waals surface area contributed by atoms with Crippen molar-refractivity contribution in [1.82, 2.24) is 14.9 Å². The zero-order valence-corrected chi connectivity index (χ0v) is 11.7. The van der Waals surface area contributed by atoms with E-state index in [1.165, 1.54) is 4.90 Å². The van der Waals surface area contributed by atoms with Gasteiger partial charge in [-0.15, -0.1) is 0 Å². The highest BCUT2D eigenvalue weighted by molar-refractivity contribution is 6.10. The quantitative estimate of drug-likeness (QED) is 0.464. The van der Waals surface area contributed by atoms with Gasteiger partial charge in [-0.2, -0.15) is 0 Å².